The van der Waals surface area contributed by atoms with Gasteiger partial charge >= 0.3 is 0 Å². The molecule has 1 saturated heterocycles. The molecule has 0 radical (unpaired) electrons. The third-order valence-corrected chi connectivity index (χ3v) is 7.68. The molecular weight excluding hydrogens is 368 g/mol. The molecule has 1 amide bonds. The fourth-order valence-electron chi connectivity index (χ4n) is 4.68. The number of carbonyl (C=O) groups excluding carboxylic acids is 1. The van der Waals surface area contributed by atoms with Crippen molar-refractivity contribution >= 4 is 33.3 Å². The molecule has 0 atom stereocenters. The first-order valence-electron chi connectivity index (χ1n) is 10.9. The van der Waals surface area contributed by atoms with Gasteiger partial charge < -0.3 is 10.2 Å². The van der Waals surface area contributed by atoms with Crippen molar-refractivity contribution in [3.63, 3.8) is 0 Å². The molecule has 0 unspecified atom stereocenters. The minimum Gasteiger partial charge on any atom is -0.356 e. The summed E-state index contributed by atoms with van der Waals surface area (Å²) < 4.78 is 0. The monoisotopic (exact) mass is 400 g/mol. The number of thiophene rings is 1. The number of nitrogens with zero attached hydrogens (tertiary/aromatic N) is 3. The smallest absolute Gasteiger partial charge is 0.223 e. The first-order chi connectivity index (χ1) is 13.6. The van der Waals surface area contributed by atoms with Crippen LogP contribution in [0.25, 0.3) is 10.2 Å². The van der Waals surface area contributed by atoms with E-state index >= 15 is 0 Å². The van der Waals surface area contributed by atoms with Crippen molar-refractivity contribution in [2.24, 2.45) is 5.92 Å². The maximum atomic E-state index is 12.8. The number of nitrogens with one attached hydrogen (secondary N) is 1. The van der Waals surface area contributed by atoms with Crippen LogP contribution in [-0.4, -0.2) is 35.0 Å². The van der Waals surface area contributed by atoms with Crippen molar-refractivity contribution in [3.05, 3.63) is 16.8 Å². The van der Waals surface area contributed by atoms with Gasteiger partial charge in [-0.25, -0.2) is 9.97 Å². The lowest BCUT2D eigenvalue weighted by molar-refractivity contribution is -0.126. The number of aromatic nitrogens is 2. The summed E-state index contributed by atoms with van der Waals surface area (Å²) in [7, 11) is 0. The van der Waals surface area contributed by atoms with Gasteiger partial charge in [-0.2, -0.15) is 0 Å². The van der Waals surface area contributed by atoms with E-state index in [4.69, 9.17) is 0 Å². The number of piperidine rings is 1. The molecule has 0 aromatic carbocycles. The van der Waals surface area contributed by atoms with Crippen LogP contribution in [0.2, 0.25) is 0 Å². The van der Waals surface area contributed by atoms with Gasteiger partial charge in [0, 0.05) is 29.9 Å². The van der Waals surface area contributed by atoms with E-state index in [1.54, 1.807) is 17.7 Å². The maximum absolute atomic E-state index is 12.8. The molecular formula is C22H32N4OS. The van der Waals surface area contributed by atoms with Gasteiger partial charge in [0.15, 0.2) is 0 Å². The lowest BCUT2D eigenvalue weighted by Gasteiger charge is -2.33. The zero-order chi connectivity index (χ0) is 19.5. The van der Waals surface area contributed by atoms with Gasteiger partial charge in [0.05, 0.1) is 5.39 Å². The molecule has 3 heterocycles. The molecule has 4 rings (SSSR count). The summed E-state index contributed by atoms with van der Waals surface area (Å²) >= 11 is 1.74. The fraction of sp³-hybridized carbons (Fsp3) is 0.682. The molecule has 1 aliphatic heterocycles. The van der Waals surface area contributed by atoms with Gasteiger partial charge in [-0.05, 0) is 45.1 Å². The highest BCUT2D eigenvalue weighted by Gasteiger charge is 2.28. The van der Waals surface area contributed by atoms with Crippen molar-refractivity contribution in [1.82, 2.24) is 15.3 Å². The highest BCUT2D eigenvalue weighted by Crippen LogP contribution is 2.35. The van der Waals surface area contributed by atoms with E-state index < -0.39 is 0 Å². The minimum atomic E-state index is 0.143. The number of aryl methyl sites for hydroxylation is 2. The molecule has 2 fully saturated rings. The van der Waals surface area contributed by atoms with Crippen LogP contribution in [0.4, 0.5) is 5.82 Å². The number of rotatable bonds is 3. The standard InChI is InChI=1S/C22H32N4OS/c1-15-16(2)28-22-19(15)20(23-14-24-22)26-12-10-17(11-13-26)21(27)25-18-8-6-4-3-5-7-9-18/h14,17-18H,3-13H2,1-2H3,(H,25,27). The minimum absolute atomic E-state index is 0.143. The van der Waals surface area contributed by atoms with Crippen LogP contribution in [0.5, 0.6) is 0 Å². The van der Waals surface area contributed by atoms with Crippen LogP contribution in [0.3, 0.4) is 0 Å². The molecule has 1 aliphatic carbocycles. The summed E-state index contributed by atoms with van der Waals surface area (Å²) in [5.41, 5.74) is 1.29. The van der Waals surface area contributed by atoms with Crippen molar-refractivity contribution in [1.29, 1.82) is 0 Å². The van der Waals surface area contributed by atoms with Crippen LogP contribution in [0.15, 0.2) is 6.33 Å². The fourth-order valence-corrected chi connectivity index (χ4v) is 5.67. The summed E-state index contributed by atoms with van der Waals surface area (Å²) in [6.45, 7) is 6.10. The van der Waals surface area contributed by atoms with E-state index in [0.29, 0.717) is 6.04 Å². The predicted molar refractivity (Wildman–Crippen MR) is 116 cm³/mol. The Kier molecular flexibility index (Phi) is 6.14. The molecule has 2 aromatic heterocycles. The first-order valence-corrected chi connectivity index (χ1v) is 11.7. The quantitative estimate of drug-likeness (QED) is 0.807. The number of hydrogen-bond donors (Lipinski definition) is 1. The van der Waals surface area contributed by atoms with E-state index in [0.717, 1.165) is 49.4 Å². The number of amides is 1. The average Bonchev–Trinajstić information content (AvgIpc) is 2.98. The Bertz CT molecular complexity index is 817. The molecule has 0 spiro atoms. The van der Waals surface area contributed by atoms with Gasteiger partial charge in [-0.3, -0.25) is 4.79 Å². The maximum Gasteiger partial charge on any atom is 0.223 e. The van der Waals surface area contributed by atoms with E-state index in [2.05, 4.69) is 34.0 Å². The Morgan fingerprint density at radius 3 is 2.43 bits per heavy atom. The summed E-state index contributed by atoms with van der Waals surface area (Å²) in [6.07, 6.45) is 12.3. The molecule has 2 aromatic rings. The molecule has 28 heavy (non-hydrogen) atoms. The molecule has 5 nitrogen and oxygen atoms in total. The van der Waals surface area contributed by atoms with Gasteiger partial charge in [-0.15, -0.1) is 11.3 Å². The van der Waals surface area contributed by atoms with Crippen LogP contribution < -0.4 is 10.2 Å². The molecule has 1 saturated carbocycles. The number of hydrogen-bond acceptors (Lipinski definition) is 5. The van der Waals surface area contributed by atoms with Crippen LogP contribution in [0.1, 0.15) is 68.2 Å². The second-order valence-corrected chi connectivity index (χ2v) is 9.68. The SMILES string of the molecule is Cc1sc2ncnc(N3CCC(C(=O)NC4CCCCCCC4)CC3)c2c1C. The molecule has 0 bridgehead atoms. The molecule has 2 aliphatic rings. The zero-order valence-corrected chi connectivity index (χ0v) is 18.0. The largest absolute Gasteiger partial charge is 0.356 e. The lowest BCUT2D eigenvalue weighted by Crippen LogP contribution is -2.44. The third kappa shape index (κ3) is 4.17. The summed E-state index contributed by atoms with van der Waals surface area (Å²) in [5.74, 6) is 1.47. The topological polar surface area (TPSA) is 58.1 Å². The average molecular weight is 401 g/mol. The van der Waals surface area contributed by atoms with Gasteiger partial charge in [-0.1, -0.05) is 32.1 Å². The second kappa shape index (κ2) is 8.76. The van der Waals surface area contributed by atoms with Crippen molar-refractivity contribution in [2.75, 3.05) is 18.0 Å². The lowest BCUT2D eigenvalue weighted by atomic mass is 9.93. The number of carbonyl (C=O) groups is 1. The van der Waals surface area contributed by atoms with Gasteiger partial charge in [0.2, 0.25) is 5.91 Å². The van der Waals surface area contributed by atoms with Crippen molar-refractivity contribution < 1.29 is 4.79 Å². The zero-order valence-electron chi connectivity index (χ0n) is 17.2. The Labute approximate surface area is 171 Å². The van der Waals surface area contributed by atoms with Gasteiger partial charge in [0.25, 0.3) is 0 Å². The molecule has 1 N–H and O–H groups in total. The van der Waals surface area contributed by atoms with Crippen molar-refractivity contribution in [2.45, 2.75) is 77.7 Å². The van der Waals surface area contributed by atoms with E-state index in [9.17, 15) is 4.79 Å². The van der Waals surface area contributed by atoms with Crippen LogP contribution >= 0.6 is 11.3 Å². The Hall–Kier alpha value is -1.69. The van der Waals surface area contributed by atoms with E-state index in [1.807, 2.05) is 0 Å². The summed E-state index contributed by atoms with van der Waals surface area (Å²) in [4.78, 5) is 26.6. The highest BCUT2D eigenvalue weighted by molar-refractivity contribution is 7.18. The number of fused-ring (bicyclic) bond motifs is 1. The Balaban J connectivity index is 1.37. The third-order valence-electron chi connectivity index (χ3n) is 6.56. The van der Waals surface area contributed by atoms with E-state index in [1.165, 1.54) is 47.9 Å². The first kappa shape index (κ1) is 19.6. The van der Waals surface area contributed by atoms with E-state index in [-0.39, 0.29) is 11.8 Å². The predicted octanol–water partition coefficient (Wildman–Crippen LogP) is 4.75. The Morgan fingerprint density at radius 1 is 1.04 bits per heavy atom. The Morgan fingerprint density at radius 2 is 1.71 bits per heavy atom. The van der Waals surface area contributed by atoms with Crippen LogP contribution in [-0.2, 0) is 4.79 Å². The normalized spacial score (nSPS) is 20.1. The molecule has 6 heteroatoms. The summed E-state index contributed by atoms with van der Waals surface area (Å²) in [5, 5.41) is 4.57. The molecule has 152 valence electrons. The highest BCUT2D eigenvalue weighted by atomic mass is 32.1. The van der Waals surface area contributed by atoms with Crippen molar-refractivity contribution in [3.8, 4) is 0 Å². The number of anilines is 1. The second-order valence-electron chi connectivity index (χ2n) is 8.47. The van der Waals surface area contributed by atoms with Crippen LogP contribution in [0, 0.1) is 19.8 Å². The van der Waals surface area contributed by atoms with Gasteiger partial charge in [0.1, 0.15) is 17.0 Å². The summed E-state index contributed by atoms with van der Waals surface area (Å²) in [6, 6.07) is 0.392.